The van der Waals surface area contributed by atoms with Gasteiger partial charge in [0.2, 0.25) is 10.0 Å². The minimum absolute atomic E-state index is 0.0736. The zero-order chi connectivity index (χ0) is 21.7. The van der Waals surface area contributed by atoms with Crippen LogP contribution in [0.4, 0.5) is 13.2 Å². The molecule has 0 spiro atoms. The summed E-state index contributed by atoms with van der Waals surface area (Å²) in [6, 6.07) is 6.35. The molecular weight excluding hydrogens is 419 g/mol. The van der Waals surface area contributed by atoms with Crippen molar-refractivity contribution in [2.45, 2.75) is 19.1 Å². The molecule has 4 rings (SSSR count). The third-order valence-electron chi connectivity index (χ3n) is 4.93. The Labute approximate surface area is 171 Å². The summed E-state index contributed by atoms with van der Waals surface area (Å²) in [5, 5.41) is 4.38. The van der Waals surface area contributed by atoms with Gasteiger partial charge >= 0.3 is 6.18 Å². The van der Waals surface area contributed by atoms with Crippen LogP contribution in [0.3, 0.4) is 0 Å². The van der Waals surface area contributed by atoms with Crippen LogP contribution in [-0.4, -0.2) is 45.3 Å². The van der Waals surface area contributed by atoms with Crippen LogP contribution in [0, 0.1) is 0 Å². The Morgan fingerprint density at radius 2 is 1.77 bits per heavy atom. The number of hydrogen-bond acceptors (Lipinski definition) is 5. The number of alkyl halides is 3. The predicted molar refractivity (Wildman–Crippen MR) is 104 cm³/mol. The first-order valence-electron chi connectivity index (χ1n) is 9.05. The number of aryl methyl sites for hydroxylation is 1. The molecule has 0 bridgehead atoms. The van der Waals surface area contributed by atoms with Gasteiger partial charge < -0.3 is 0 Å². The van der Waals surface area contributed by atoms with Gasteiger partial charge in [-0.15, -0.1) is 0 Å². The van der Waals surface area contributed by atoms with Crippen LogP contribution >= 0.6 is 0 Å². The highest BCUT2D eigenvalue weighted by Gasteiger charge is 2.31. The van der Waals surface area contributed by atoms with E-state index in [1.807, 2.05) is 0 Å². The molecule has 3 heterocycles. The van der Waals surface area contributed by atoms with Crippen molar-refractivity contribution in [3.05, 3.63) is 53.3 Å². The van der Waals surface area contributed by atoms with Crippen LogP contribution in [0.15, 0.2) is 36.5 Å². The molecule has 0 N–H and O–H groups in total. The molecule has 158 valence electrons. The van der Waals surface area contributed by atoms with Gasteiger partial charge in [-0.1, -0.05) is 12.1 Å². The summed E-state index contributed by atoms with van der Waals surface area (Å²) in [5.41, 5.74) is 2.11. The fraction of sp³-hybridized carbons (Fsp3) is 0.316. The number of aromatic nitrogens is 4. The highest BCUT2D eigenvalue weighted by molar-refractivity contribution is 7.88. The van der Waals surface area contributed by atoms with E-state index >= 15 is 0 Å². The van der Waals surface area contributed by atoms with Crippen LogP contribution in [0.25, 0.3) is 22.8 Å². The van der Waals surface area contributed by atoms with E-state index in [2.05, 4.69) is 15.1 Å². The Morgan fingerprint density at radius 1 is 1.07 bits per heavy atom. The Kier molecular flexibility index (Phi) is 4.89. The molecule has 11 heteroatoms. The molecule has 0 amide bonds. The van der Waals surface area contributed by atoms with Crippen LogP contribution in [-0.2, 0) is 36.2 Å². The van der Waals surface area contributed by atoms with Crippen molar-refractivity contribution in [3.8, 4) is 22.8 Å². The van der Waals surface area contributed by atoms with Crippen molar-refractivity contribution in [2.24, 2.45) is 7.05 Å². The lowest BCUT2D eigenvalue weighted by atomic mass is 10.0. The average Bonchev–Trinajstić information content (AvgIpc) is 3.11. The maximum Gasteiger partial charge on any atom is 0.416 e. The summed E-state index contributed by atoms with van der Waals surface area (Å²) < 4.78 is 65.6. The maximum absolute atomic E-state index is 12.9. The van der Waals surface area contributed by atoms with Crippen molar-refractivity contribution in [1.29, 1.82) is 0 Å². The minimum atomic E-state index is -4.44. The van der Waals surface area contributed by atoms with Gasteiger partial charge in [0.1, 0.15) is 5.69 Å². The molecule has 2 aromatic heterocycles. The number of nitrogens with zero attached hydrogens (tertiary/aromatic N) is 5. The first-order valence-corrected chi connectivity index (χ1v) is 10.9. The fourth-order valence-electron chi connectivity index (χ4n) is 3.38. The van der Waals surface area contributed by atoms with Crippen LogP contribution < -0.4 is 0 Å². The molecule has 0 radical (unpaired) electrons. The zero-order valence-corrected chi connectivity index (χ0v) is 17.0. The number of halogens is 3. The number of hydrogen-bond donors (Lipinski definition) is 0. The smallest absolute Gasteiger partial charge is 0.275 e. The Bertz CT molecular complexity index is 1200. The fourth-order valence-corrected chi connectivity index (χ4v) is 4.16. The molecule has 0 aliphatic carbocycles. The van der Waals surface area contributed by atoms with E-state index in [-0.39, 0.29) is 12.4 Å². The predicted octanol–water partition coefficient (Wildman–Crippen LogP) is 2.88. The van der Waals surface area contributed by atoms with E-state index in [0.29, 0.717) is 35.6 Å². The van der Waals surface area contributed by atoms with Gasteiger partial charge in [0, 0.05) is 30.9 Å². The van der Waals surface area contributed by atoms with Crippen LogP contribution in [0.2, 0.25) is 0 Å². The van der Waals surface area contributed by atoms with Gasteiger partial charge in [0.15, 0.2) is 5.82 Å². The van der Waals surface area contributed by atoms with E-state index in [4.69, 9.17) is 0 Å². The largest absolute Gasteiger partial charge is 0.416 e. The molecule has 0 fully saturated rings. The van der Waals surface area contributed by atoms with E-state index in [0.717, 1.165) is 24.0 Å². The van der Waals surface area contributed by atoms with E-state index in [1.165, 1.54) is 16.4 Å². The molecule has 0 saturated carbocycles. The molecule has 0 unspecified atom stereocenters. The average molecular weight is 437 g/mol. The second-order valence-electron chi connectivity index (χ2n) is 7.12. The lowest BCUT2D eigenvalue weighted by Gasteiger charge is -2.27. The van der Waals surface area contributed by atoms with Crippen molar-refractivity contribution in [2.75, 3.05) is 12.8 Å². The van der Waals surface area contributed by atoms with E-state index in [9.17, 15) is 21.6 Å². The SMILES string of the molecule is Cn1ccc(-c2nc(-c3ccc(C(F)(F)F)cc3)nc3c2CCN(S(C)(=O)=O)C3)n1. The summed E-state index contributed by atoms with van der Waals surface area (Å²) in [6.07, 6.45) is -1.13. The van der Waals surface area contributed by atoms with Gasteiger partial charge in [-0.2, -0.15) is 22.6 Å². The van der Waals surface area contributed by atoms with Crippen molar-refractivity contribution in [1.82, 2.24) is 24.1 Å². The molecule has 3 aromatic rings. The third-order valence-corrected chi connectivity index (χ3v) is 6.18. The highest BCUT2D eigenvalue weighted by Crippen LogP contribution is 2.33. The van der Waals surface area contributed by atoms with Gasteiger partial charge in [-0.3, -0.25) is 4.68 Å². The van der Waals surface area contributed by atoms with Crippen LogP contribution in [0.1, 0.15) is 16.8 Å². The number of benzene rings is 1. The summed E-state index contributed by atoms with van der Waals surface area (Å²) >= 11 is 0. The van der Waals surface area contributed by atoms with E-state index < -0.39 is 21.8 Å². The molecule has 1 aromatic carbocycles. The maximum atomic E-state index is 12.9. The van der Waals surface area contributed by atoms with Crippen molar-refractivity contribution in [3.63, 3.8) is 0 Å². The number of sulfonamides is 1. The normalized spacial score (nSPS) is 15.2. The van der Waals surface area contributed by atoms with Crippen molar-refractivity contribution >= 4 is 10.0 Å². The summed E-state index contributed by atoms with van der Waals surface area (Å²) in [4.78, 5) is 9.08. The number of fused-ring (bicyclic) bond motifs is 1. The minimum Gasteiger partial charge on any atom is -0.275 e. The second-order valence-corrected chi connectivity index (χ2v) is 9.10. The molecule has 1 aliphatic heterocycles. The summed E-state index contributed by atoms with van der Waals surface area (Å²) in [6.45, 7) is 0.374. The standard InChI is InChI=1S/C19H18F3N5O2S/c1-26-9-8-15(25-26)17-14-7-10-27(30(2,28)29)11-16(14)23-18(24-17)12-3-5-13(6-4-12)19(20,21)22/h3-6,8-9H,7,10-11H2,1-2H3. The Morgan fingerprint density at radius 3 is 2.33 bits per heavy atom. The molecule has 30 heavy (non-hydrogen) atoms. The first-order chi connectivity index (χ1) is 14.0. The van der Waals surface area contributed by atoms with Gasteiger partial charge in [0.25, 0.3) is 0 Å². The highest BCUT2D eigenvalue weighted by atomic mass is 32.2. The van der Waals surface area contributed by atoms with Crippen LogP contribution in [0.5, 0.6) is 0 Å². The quantitative estimate of drug-likeness (QED) is 0.630. The molecule has 7 nitrogen and oxygen atoms in total. The molecular formula is C19H18F3N5O2S. The molecule has 0 saturated heterocycles. The lowest BCUT2D eigenvalue weighted by Crippen LogP contribution is -2.36. The third kappa shape index (κ3) is 3.94. The lowest BCUT2D eigenvalue weighted by molar-refractivity contribution is -0.137. The summed E-state index contributed by atoms with van der Waals surface area (Å²) in [7, 11) is -1.65. The van der Waals surface area contributed by atoms with Crippen molar-refractivity contribution < 1.29 is 21.6 Å². The second kappa shape index (κ2) is 7.17. The molecule has 0 atom stereocenters. The summed E-state index contributed by atoms with van der Waals surface area (Å²) in [5.74, 6) is 0.221. The Hall–Kier alpha value is -2.79. The van der Waals surface area contributed by atoms with Gasteiger partial charge in [-0.25, -0.2) is 18.4 Å². The van der Waals surface area contributed by atoms with Gasteiger partial charge in [0.05, 0.1) is 29.8 Å². The topological polar surface area (TPSA) is 81.0 Å². The van der Waals surface area contributed by atoms with Gasteiger partial charge in [-0.05, 0) is 24.6 Å². The molecule has 1 aliphatic rings. The first kappa shape index (κ1) is 20.5. The monoisotopic (exact) mass is 437 g/mol. The van der Waals surface area contributed by atoms with E-state index in [1.54, 1.807) is 24.0 Å². The number of rotatable bonds is 3. The zero-order valence-electron chi connectivity index (χ0n) is 16.2. The Balaban J connectivity index is 1.84.